The number of ether oxygens (including phenoxy) is 2. The van der Waals surface area contributed by atoms with E-state index in [0.29, 0.717) is 37.3 Å². The average Bonchev–Trinajstić information content (AvgIpc) is 3.10. The van der Waals surface area contributed by atoms with Crippen LogP contribution in [-0.4, -0.2) is 55.8 Å². The molecule has 0 bridgehead atoms. The molecule has 0 spiro atoms. The van der Waals surface area contributed by atoms with Crippen LogP contribution in [0.5, 0.6) is 11.6 Å². The van der Waals surface area contributed by atoms with Crippen molar-refractivity contribution in [2.24, 2.45) is 0 Å². The van der Waals surface area contributed by atoms with Crippen LogP contribution in [0, 0.1) is 5.82 Å². The van der Waals surface area contributed by atoms with Gasteiger partial charge in [0.05, 0.1) is 31.5 Å². The minimum absolute atomic E-state index is 0.0297. The molecule has 1 amide bonds. The van der Waals surface area contributed by atoms with E-state index in [2.05, 4.69) is 20.6 Å². The molecular formula is C26H29F4N5O3. The third-order valence-electron chi connectivity index (χ3n) is 6.57. The summed E-state index contributed by atoms with van der Waals surface area (Å²) in [6.07, 6.45) is -2.92. The van der Waals surface area contributed by atoms with Crippen LogP contribution >= 0.6 is 0 Å². The molecule has 1 fully saturated rings. The van der Waals surface area contributed by atoms with Crippen molar-refractivity contribution >= 4 is 22.5 Å². The summed E-state index contributed by atoms with van der Waals surface area (Å²) in [4.78, 5) is 23.1. The number of amides is 1. The van der Waals surface area contributed by atoms with Crippen molar-refractivity contribution in [3.8, 4) is 11.6 Å². The van der Waals surface area contributed by atoms with Gasteiger partial charge >= 0.3 is 6.18 Å². The first-order chi connectivity index (χ1) is 18.0. The predicted octanol–water partition coefficient (Wildman–Crippen LogP) is 4.48. The molecule has 2 atom stereocenters. The highest BCUT2D eigenvalue weighted by Crippen LogP contribution is 2.39. The maximum absolute atomic E-state index is 13.9. The van der Waals surface area contributed by atoms with Gasteiger partial charge in [-0.1, -0.05) is 6.07 Å². The number of halogens is 4. The van der Waals surface area contributed by atoms with Gasteiger partial charge < -0.3 is 25.0 Å². The fraction of sp³-hybridized carbons (Fsp3) is 0.423. The number of fused-ring (bicyclic) bond motifs is 1. The van der Waals surface area contributed by atoms with Crippen molar-refractivity contribution in [3.05, 3.63) is 53.1 Å². The van der Waals surface area contributed by atoms with Crippen LogP contribution < -0.4 is 25.0 Å². The average molecular weight is 536 g/mol. The molecule has 4 rings (SSSR count). The molecule has 0 aliphatic carbocycles. The van der Waals surface area contributed by atoms with Gasteiger partial charge in [0.1, 0.15) is 5.52 Å². The van der Waals surface area contributed by atoms with E-state index in [1.54, 1.807) is 6.92 Å². The van der Waals surface area contributed by atoms with Crippen LogP contribution in [0.25, 0.3) is 10.9 Å². The topological polar surface area (TPSA) is 88.6 Å². The Labute approximate surface area is 217 Å². The molecule has 8 nitrogen and oxygen atoms in total. The molecule has 38 heavy (non-hydrogen) atoms. The first-order valence-electron chi connectivity index (χ1n) is 12.1. The normalized spacial score (nSPS) is 17.2. The zero-order valence-electron chi connectivity index (χ0n) is 21.4. The maximum Gasteiger partial charge on any atom is 0.435 e. The van der Waals surface area contributed by atoms with Crippen LogP contribution in [0.3, 0.4) is 0 Å². The number of benzene rings is 1. The number of nitrogens with zero attached hydrogens (tertiary/aromatic N) is 3. The second-order valence-electron chi connectivity index (χ2n) is 9.15. The Bertz CT molecular complexity index is 1330. The van der Waals surface area contributed by atoms with Gasteiger partial charge in [-0.25, -0.2) is 9.37 Å². The van der Waals surface area contributed by atoms with Crippen LogP contribution in [0.4, 0.5) is 23.2 Å². The number of pyridine rings is 2. The molecule has 204 valence electrons. The second-order valence-corrected chi connectivity index (χ2v) is 9.15. The Balaban J connectivity index is 1.83. The van der Waals surface area contributed by atoms with Gasteiger partial charge in [0, 0.05) is 43.3 Å². The smallest absolute Gasteiger partial charge is 0.435 e. The van der Waals surface area contributed by atoms with Crippen molar-refractivity contribution in [2.45, 2.75) is 38.5 Å². The zero-order chi connectivity index (χ0) is 27.6. The van der Waals surface area contributed by atoms with E-state index >= 15 is 0 Å². The lowest BCUT2D eigenvalue weighted by molar-refractivity contribution is -0.140. The number of hydrogen-bond acceptors (Lipinski definition) is 7. The van der Waals surface area contributed by atoms with Gasteiger partial charge in [0.25, 0.3) is 5.91 Å². The molecule has 1 aliphatic heterocycles. The van der Waals surface area contributed by atoms with E-state index < -0.39 is 29.6 Å². The number of aromatic nitrogens is 2. The van der Waals surface area contributed by atoms with Crippen molar-refractivity contribution < 1.29 is 31.8 Å². The van der Waals surface area contributed by atoms with Crippen LogP contribution in [0.1, 0.15) is 47.9 Å². The Kier molecular flexibility index (Phi) is 7.91. The number of carbonyl (C=O) groups excluding carboxylic acids is 1. The number of hydrogen-bond donors (Lipinski definition) is 2. The van der Waals surface area contributed by atoms with Crippen LogP contribution in [0.15, 0.2) is 30.5 Å². The fourth-order valence-corrected chi connectivity index (χ4v) is 4.51. The highest BCUT2D eigenvalue weighted by molar-refractivity contribution is 6.08. The van der Waals surface area contributed by atoms with Crippen molar-refractivity contribution in [1.82, 2.24) is 20.6 Å². The van der Waals surface area contributed by atoms with Gasteiger partial charge in [0.15, 0.2) is 17.3 Å². The van der Waals surface area contributed by atoms with E-state index in [0.717, 1.165) is 6.20 Å². The number of nitrogens with one attached hydrogen (secondary N) is 2. The van der Waals surface area contributed by atoms with Crippen molar-refractivity contribution in [3.63, 3.8) is 0 Å². The van der Waals surface area contributed by atoms with Gasteiger partial charge in [-0.15, -0.1) is 0 Å². The Morgan fingerprint density at radius 2 is 1.97 bits per heavy atom. The molecular weight excluding hydrogens is 506 g/mol. The maximum atomic E-state index is 13.9. The summed E-state index contributed by atoms with van der Waals surface area (Å²) in [6.45, 7) is 5.27. The third-order valence-corrected chi connectivity index (χ3v) is 6.57. The number of carbonyl (C=O) groups is 1. The predicted molar refractivity (Wildman–Crippen MR) is 134 cm³/mol. The zero-order valence-corrected chi connectivity index (χ0v) is 21.4. The van der Waals surface area contributed by atoms with Crippen molar-refractivity contribution in [2.75, 3.05) is 38.8 Å². The highest BCUT2D eigenvalue weighted by atomic mass is 19.4. The number of anilines is 1. The summed E-state index contributed by atoms with van der Waals surface area (Å²) in [5.41, 5.74) is -0.544. The largest absolute Gasteiger partial charge is 0.494 e. The molecule has 0 unspecified atom stereocenters. The van der Waals surface area contributed by atoms with E-state index in [-0.39, 0.29) is 34.1 Å². The highest BCUT2D eigenvalue weighted by Gasteiger charge is 2.37. The van der Waals surface area contributed by atoms with E-state index in [1.165, 1.54) is 38.5 Å². The minimum atomic E-state index is -4.79. The molecule has 3 heterocycles. The molecule has 2 N–H and O–H groups in total. The summed E-state index contributed by atoms with van der Waals surface area (Å²) in [5, 5.41) is 6.32. The number of alkyl halides is 3. The third kappa shape index (κ3) is 5.59. The Hall–Kier alpha value is -3.67. The lowest BCUT2D eigenvalue weighted by Crippen LogP contribution is -2.33. The molecule has 3 aromatic rings. The summed E-state index contributed by atoms with van der Waals surface area (Å²) in [7, 11) is 2.57. The SMILES string of the molecule is COc1cc2c(N3CCN[C@@H](C)CC3)c(C(=O)N[C@@H](C)c3ccc(F)c(OC)c3)cnc2c(C(F)(F)F)n1. The molecule has 0 saturated carbocycles. The standard InChI is InChI=1S/C26H29F4N5O3/c1-14-7-9-35(10-8-31-14)23-17-12-21(38-4)34-24(26(28,29)30)22(17)32-13-18(23)25(36)33-15(2)16-5-6-19(27)20(11-16)37-3/h5-6,11-15,31H,7-10H2,1-4H3,(H,33,36)/t14-,15-/m0/s1. The number of methoxy groups -OCH3 is 2. The first-order valence-corrected chi connectivity index (χ1v) is 12.1. The van der Waals surface area contributed by atoms with Gasteiger partial charge in [-0.05, 0) is 38.0 Å². The van der Waals surface area contributed by atoms with E-state index in [1.807, 2.05) is 11.8 Å². The van der Waals surface area contributed by atoms with Gasteiger partial charge in [-0.3, -0.25) is 9.78 Å². The summed E-state index contributed by atoms with van der Waals surface area (Å²) in [5.74, 6) is -1.29. The molecule has 0 radical (unpaired) electrons. The van der Waals surface area contributed by atoms with Crippen molar-refractivity contribution in [1.29, 1.82) is 0 Å². The summed E-state index contributed by atoms with van der Waals surface area (Å²) in [6, 6.07) is 5.25. The molecule has 1 saturated heterocycles. The fourth-order valence-electron chi connectivity index (χ4n) is 4.51. The molecule has 12 heteroatoms. The van der Waals surface area contributed by atoms with E-state index in [9.17, 15) is 22.4 Å². The lowest BCUT2D eigenvalue weighted by atomic mass is 10.0. The minimum Gasteiger partial charge on any atom is -0.494 e. The van der Waals surface area contributed by atoms with E-state index in [4.69, 9.17) is 9.47 Å². The molecule has 2 aromatic heterocycles. The number of rotatable bonds is 6. The lowest BCUT2D eigenvalue weighted by Gasteiger charge is -2.27. The Morgan fingerprint density at radius 3 is 2.66 bits per heavy atom. The first kappa shape index (κ1) is 27.4. The molecule has 1 aromatic carbocycles. The van der Waals surface area contributed by atoms with Gasteiger partial charge in [0.2, 0.25) is 5.88 Å². The summed E-state index contributed by atoms with van der Waals surface area (Å²) < 4.78 is 65.8. The van der Waals surface area contributed by atoms with Crippen LogP contribution in [-0.2, 0) is 6.18 Å². The quantitative estimate of drug-likeness (QED) is 0.450. The molecule has 1 aliphatic rings. The Morgan fingerprint density at radius 1 is 1.21 bits per heavy atom. The van der Waals surface area contributed by atoms with Crippen LogP contribution in [0.2, 0.25) is 0 Å². The summed E-state index contributed by atoms with van der Waals surface area (Å²) >= 11 is 0. The monoisotopic (exact) mass is 535 g/mol. The van der Waals surface area contributed by atoms with Gasteiger partial charge in [-0.2, -0.15) is 13.2 Å². The second kappa shape index (κ2) is 11.0.